The summed E-state index contributed by atoms with van der Waals surface area (Å²) >= 11 is 0. The van der Waals surface area contributed by atoms with E-state index in [4.69, 9.17) is 10.5 Å². The first-order valence-electron chi connectivity index (χ1n) is 5.67. The molecule has 1 aromatic heterocycles. The Morgan fingerprint density at radius 1 is 1.44 bits per heavy atom. The fourth-order valence-corrected chi connectivity index (χ4v) is 1.61. The van der Waals surface area contributed by atoms with Crippen LogP contribution < -0.4 is 5.73 Å². The minimum absolute atomic E-state index is 0.350. The van der Waals surface area contributed by atoms with E-state index in [0.717, 1.165) is 18.5 Å². The van der Waals surface area contributed by atoms with Crippen LogP contribution in [0, 0.1) is 0 Å². The van der Waals surface area contributed by atoms with E-state index in [0.29, 0.717) is 24.5 Å². The van der Waals surface area contributed by atoms with Crippen LogP contribution in [0.2, 0.25) is 0 Å². The van der Waals surface area contributed by atoms with Gasteiger partial charge in [-0.3, -0.25) is 0 Å². The van der Waals surface area contributed by atoms with E-state index in [9.17, 15) is 4.79 Å². The summed E-state index contributed by atoms with van der Waals surface area (Å²) in [6.45, 7) is 6.83. The van der Waals surface area contributed by atoms with E-state index in [-0.39, 0.29) is 5.97 Å². The van der Waals surface area contributed by atoms with Gasteiger partial charge in [-0.1, -0.05) is 13.8 Å². The summed E-state index contributed by atoms with van der Waals surface area (Å²) in [6.07, 6.45) is 1.61. The predicted octanol–water partition coefficient (Wildman–Crippen LogP) is 1.61. The van der Waals surface area contributed by atoms with Crippen molar-refractivity contribution in [3.63, 3.8) is 0 Å². The van der Waals surface area contributed by atoms with Gasteiger partial charge in [0.25, 0.3) is 0 Å². The summed E-state index contributed by atoms with van der Waals surface area (Å²) in [6, 6.07) is 0. The Balaban J connectivity index is 3.07. The second kappa shape index (κ2) is 5.53. The number of hydrogen-bond donors (Lipinski definition) is 1. The van der Waals surface area contributed by atoms with Crippen LogP contribution in [0.15, 0.2) is 0 Å². The number of nitrogens with two attached hydrogens (primary N) is 1. The van der Waals surface area contributed by atoms with Crippen LogP contribution in [-0.4, -0.2) is 22.4 Å². The molecule has 1 rings (SSSR count). The number of aromatic nitrogens is 2. The fraction of sp³-hybridized carbons (Fsp3) is 0.636. The standard InChI is InChI=1S/C11H19N3O2/c1-4-7-14-10(12)8(5-2)9(13-14)11(15)16-6-3/h4-7,12H2,1-3H3. The number of ether oxygens (including phenoxy) is 1. The van der Waals surface area contributed by atoms with Crippen molar-refractivity contribution in [1.82, 2.24) is 9.78 Å². The highest BCUT2D eigenvalue weighted by atomic mass is 16.5. The first-order valence-corrected chi connectivity index (χ1v) is 5.67. The average Bonchev–Trinajstić information content (AvgIpc) is 2.57. The Kier molecular flexibility index (Phi) is 4.34. The van der Waals surface area contributed by atoms with Gasteiger partial charge in [-0.15, -0.1) is 0 Å². The number of nitrogen functional groups attached to an aromatic ring is 1. The number of nitrogens with zero attached hydrogens (tertiary/aromatic N) is 2. The second-order valence-corrected chi connectivity index (χ2v) is 3.51. The molecule has 0 bridgehead atoms. The Morgan fingerprint density at radius 3 is 2.62 bits per heavy atom. The van der Waals surface area contributed by atoms with Gasteiger partial charge in [0.15, 0.2) is 5.69 Å². The molecule has 0 aliphatic heterocycles. The Bertz CT molecular complexity index is 372. The lowest BCUT2D eigenvalue weighted by atomic mass is 10.2. The van der Waals surface area contributed by atoms with Crippen molar-refractivity contribution >= 4 is 11.8 Å². The number of hydrogen-bond acceptors (Lipinski definition) is 4. The highest BCUT2D eigenvalue weighted by Crippen LogP contribution is 2.18. The van der Waals surface area contributed by atoms with Gasteiger partial charge in [-0.05, 0) is 19.8 Å². The molecule has 1 aromatic rings. The molecule has 0 unspecified atom stereocenters. The summed E-state index contributed by atoms with van der Waals surface area (Å²) in [5.74, 6) is 0.188. The van der Waals surface area contributed by atoms with Crippen molar-refractivity contribution < 1.29 is 9.53 Å². The summed E-state index contributed by atoms with van der Waals surface area (Å²) in [5.41, 5.74) is 7.07. The number of carbonyl (C=O) groups is 1. The monoisotopic (exact) mass is 225 g/mol. The molecule has 90 valence electrons. The van der Waals surface area contributed by atoms with Crippen molar-refractivity contribution in [2.45, 2.75) is 40.2 Å². The van der Waals surface area contributed by atoms with Crippen molar-refractivity contribution in [1.29, 1.82) is 0 Å². The lowest BCUT2D eigenvalue weighted by Gasteiger charge is -2.01. The number of esters is 1. The third-order valence-electron chi connectivity index (χ3n) is 2.35. The number of rotatable bonds is 5. The van der Waals surface area contributed by atoms with Crippen molar-refractivity contribution in [2.24, 2.45) is 0 Å². The van der Waals surface area contributed by atoms with Gasteiger partial charge in [0, 0.05) is 12.1 Å². The summed E-state index contributed by atoms with van der Waals surface area (Å²) < 4.78 is 6.62. The Hall–Kier alpha value is -1.52. The first kappa shape index (κ1) is 12.5. The van der Waals surface area contributed by atoms with Crippen LogP contribution >= 0.6 is 0 Å². The zero-order chi connectivity index (χ0) is 12.1. The van der Waals surface area contributed by atoms with Crippen LogP contribution in [0.5, 0.6) is 0 Å². The average molecular weight is 225 g/mol. The van der Waals surface area contributed by atoms with Crippen LogP contribution in [0.3, 0.4) is 0 Å². The third-order valence-corrected chi connectivity index (χ3v) is 2.35. The van der Waals surface area contributed by atoms with E-state index >= 15 is 0 Å². The predicted molar refractivity (Wildman–Crippen MR) is 62.3 cm³/mol. The lowest BCUT2D eigenvalue weighted by molar-refractivity contribution is 0.0517. The number of carbonyl (C=O) groups excluding carboxylic acids is 1. The van der Waals surface area contributed by atoms with E-state index in [2.05, 4.69) is 5.10 Å². The molecule has 0 fully saturated rings. The molecule has 0 radical (unpaired) electrons. The first-order chi connectivity index (χ1) is 7.65. The molecular weight excluding hydrogens is 206 g/mol. The molecule has 0 spiro atoms. The van der Waals surface area contributed by atoms with Gasteiger partial charge in [0.2, 0.25) is 0 Å². The van der Waals surface area contributed by atoms with Crippen molar-refractivity contribution in [2.75, 3.05) is 12.3 Å². The minimum Gasteiger partial charge on any atom is -0.461 e. The zero-order valence-electron chi connectivity index (χ0n) is 10.1. The summed E-state index contributed by atoms with van der Waals surface area (Å²) in [4.78, 5) is 11.6. The maximum atomic E-state index is 11.6. The van der Waals surface area contributed by atoms with E-state index in [1.54, 1.807) is 11.6 Å². The van der Waals surface area contributed by atoms with Gasteiger partial charge in [0.05, 0.1) is 6.61 Å². The maximum absolute atomic E-state index is 11.6. The van der Waals surface area contributed by atoms with Crippen LogP contribution in [0.1, 0.15) is 43.2 Å². The quantitative estimate of drug-likeness (QED) is 0.773. The summed E-state index contributed by atoms with van der Waals surface area (Å²) in [5, 5.41) is 4.21. The largest absolute Gasteiger partial charge is 0.461 e. The van der Waals surface area contributed by atoms with E-state index in [1.165, 1.54) is 0 Å². The molecule has 5 nitrogen and oxygen atoms in total. The smallest absolute Gasteiger partial charge is 0.359 e. The molecule has 1 heterocycles. The molecule has 0 aliphatic rings. The molecular formula is C11H19N3O2. The zero-order valence-corrected chi connectivity index (χ0v) is 10.1. The van der Waals surface area contributed by atoms with E-state index in [1.807, 2.05) is 13.8 Å². The molecule has 0 saturated carbocycles. The Morgan fingerprint density at radius 2 is 2.12 bits per heavy atom. The molecule has 0 amide bonds. The van der Waals surface area contributed by atoms with Crippen molar-refractivity contribution in [3.8, 4) is 0 Å². The minimum atomic E-state index is -0.388. The molecule has 16 heavy (non-hydrogen) atoms. The van der Waals surface area contributed by atoms with Gasteiger partial charge in [-0.2, -0.15) is 5.10 Å². The van der Waals surface area contributed by atoms with Crippen LogP contribution in [0.4, 0.5) is 5.82 Å². The van der Waals surface area contributed by atoms with Gasteiger partial charge < -0.3 is 10.5 Å². The molecule has 0 atom stereocenters. The normalized spacial score (nSPS) is 10.4. The molecule has 0 saturated heterocycles. The van der Waals surface area contributed by atoms with E-state index < -0.39 is 0 Å². The second-order valence-electron chi connectivity index (χ2n) is 3.51. The molecule has 2 N–H and O–H groups in total. The number of anilines is 1. The van der Waals surface area contributed by atoms with Crippen LogP contribution in [-0.2, 0) is 17.7 Å². The SMILES string of the molecule is CCCn1nc(C(=O)OCC)c(CC)c1N. The maximum Gasteiger partial charge on any atom is 0.359 e. The van der Waals surface area contributed by atoms with Crippen molar-refractivity contribution in [3.05, 3.63) is 11.3 Å². The lowest BCUT2D eigenvalue weighted by Crippen LogP contribution is -2.08. The molecule has 5 heteroatoms. The summed E-state index contributed by atoms with van der Waals surface area (Å²) in [7, 11) is 0. The Labute approximate surface area is 95.6 Å². The molecule has 0 aromatic carbocycles. The highest BCUT2D eigenvalue weighted by molar-refractivity contribution is 5.90. The third kappa shape index (κ3) is 2.35. The highest BCUT2D eigenvalue weighted by Gasteiger charge is 2.20. The topological polar surface area (TPSA) is 70.1 Å². The van der Waals surface area contributed by atoms with Gasteiger partial charge >= 0.3 is 5.97 Å². The fourth-order valence-electron chi connectivity index (χ4n) is 1.61. The van der Waals surface area contributed by atoms with Gasteiger partial charge in [0.1, 0.15) is 5.82 Å². The van der Waals surface area contributed by atoms with Crippen LogP contribution in [0.25, 0.3) is 0 Å². The molecule has 0 aliphatic carbocycles. The number of aryl methyl sites for hydroxylation is 1. The van der Waals surface area contributed by atoms with Gasteiger partial charge in [-0.25, -0.2) is 9.48 Å².